The zero-order valence-corrected chi connectivity index (χ0v) is 15.7. The van der Waals surface area contributed by atoms with Crippen LogP contribution in [0.4, 0.5) is 0 Å². The number of phenols is 1. The van der Waals surface area contributed by atoms with Crippen molar-refractivity contribution in [3.63, 3.8) is 0 Å². The number of fused-ring (bicyclic) bond motifs is 1. The van der Waals surface area contributed by atoms with Crippen LogP contribution in [0, 0.1) is 0 Å². The molecule has 0 spiro atoms. The van der Waals surface area contributed by atoms with E-state index in [4.69, 9.17) is 4.74 Å². The van der Waals surface area contributed by atoms with Gasteiger partial charge in [0.05, 0.1) is 18.5 Å². The largest absolute Gasteiger partial charge is 0.508 e. The van der Waals surface area contributed by atoms with Crippen LogP contribution in [-0.2, 0) is 14.6 Å². The van der Waals surface area contributed by atoms with Crippen LogP contribution in [0.5, 0.6) is 5.75 Å². The minimum Gasteiger partial charge on any atom is -0.508 e. The summed E-state index contributed by atoms with van der Waals surface area (Å²) in [6.45, 7) is 4.47. The first-order chi connectivity index (χ1) is 11.9. The molecule has 2 aliphatic rings. The van der Waals surface area contributed by atoms with Crippen LogP contribution in [0.1, 0.15) is 45.1 Å². The maximum absolute atomic E-state index is 12.3. The molecule has 0 saturated carbocycles. The molecule has 5 heteroatoms. The topological polar surface area (TPSA) is 63.6 Å². The van der Waals surface area contributed by atoms with Gasteiger partial charge in [-0.1, -0.05) is 43.2 Å². The van der Waals surface area contributed by atoms with E-state index in [2.05, 4.69) is 13.0 Å². The highest BCUT2D eigenvalue weighted by atomic mass is 32.2. The van der Waals surface area contributed by atoms with E-state index in [0.29, 0.717) is 6.61 Å². The molecule has 0 aliphatic carbocycles. The molecule has 2 heterocycles. The molecular formula is C20H26O4S. The Morgan fingerprint density at radius 3 is 2.64 bits per heavy atom. The average Bonchev–Trinajstić information content (AvgIpc) is 3.13. The highest BCUT2D eigenvalue weighted by Gasteiger charge is 2.46. The van der Waals surface area contributed by atoms with E-state index in [1.165, 1.54) is 5.57 Å². The third kappa shape index (κ3) is 3.82. The van der Waals surface area contributed by atoms with Crippen molar-refractivity contribution in [3.05, 3.63) is 46.5 Å². The van der Waals surface area contributed by atoms with Crippen LogP contribution in [0.15, 0.2) is 41.0 Å². The molecule has 136 valence electrons. The first kappa shape index (κ1) is 18.2. The summed E-state index contributed by atoms with van der Waals surface area (Å²) in [5.41, 5.74) is 4.48. The van der Waals surface area contributed by atoms with Gasteiger partial charge < -0.3 is 9.84 Å². The van der Waals surface area contributed by atoms with Crippen molar-refractivity contribution in [2.24, 2.45) is 0 Å². The normalized spacial score (nSPS) is 25.4. The fourth-order valence-corrected chi connectivity index (χ4v) is 5.84. The molecule has 1 N–H and O–H groups in total. The molecule has 25 heavy (non-hydrogen) atoms. The molecule has 4 nitrogen and oxygen atoms in total. The molecular weight excluding hydrogens is 336 g/mol. The molecule has 1 saturated heterocycles. The Kier molecular flexibility index (Phi) is 5.35. The molecule has 0 bridgehead atoms. The van der Waals surface area contributed by atoms with E-state index in [1.807, 2.05) is 19.1 Å². The minimum absolute atomic E-state index is 0.0630. The first-order valence-electron chi connectivity index (χ1n) is 8.98. The molecule has 0 radical (unpaired) electrons. The number of benzene rings is 1. The number of sulfone groups is 1. The molecule has 1 fully saturated rings. The third-order valence-electron chi connectivity index (χ3n) is 5.23. The lowest BCUT2D eigenvalue weighted by Crippen LogP contribution is -2.19. The molecule has 1 aromatic carbocycles. The number of aromatic hydroxyl groups is 1. The number of hydrogen-bond acceptors (Lipinski definition) is 4. The molecule has 3 rings (SSSR count). The maximum atomic E-state index is 12.3. The standard InChI is InChI=1S/C20H26O4S/c1-3-14(11-15-5-8-17(21)9-6-15)7-10-18-20-16(4-2)13-25(22,23)19(20)12-24-18/h5-6,8-9,11,18-19,21H,3-4,7,10,12-13H2,1-2H3/b14-11+/t18-,19+/m1/s1. The average molecular weight is 362 g/mol. The van der Waals surface area contributed by atoms with Gasteiger partial charge in [-0.15, -0.1) is 0 Å². The van der Waals surface area contributed by atoms with Crippen molar-refractivity contribution in [1.82, 2.24) is 0 Å². The van der Waals surface area contributed by atoms with E-state index in [0.717, 1.165) is 42.4 Å². The van der Waals surface area contributed by atoms with Crippen molar-refractivity contribution < 1.29 is 18.3 Å². The Morgan fingerprint density at radius 2 is 2.00 bits per heavy atom. The molecule has 1 aromatic rings. The Hall–Kier alpha value is -1.59. The fraction of sp³-hybridized carbons (Fsp3) is 0.500. The van der Waals surface area contributed by atoms with E-state index >= 15 is 0 Å². The second-order valence-corrected chi connectivity index (χ2v) is 9.00. The quantitative estimate of drug-likeness (QED) is 0.780. The first-order valence-corrected chi connectivity index (χ1v) is 10.7. The smallest absolute Gasteiger partial charge is 0.163 e. The van der Waals surface area contributed by atoms with Gasteiger partial charge in [0.25, 0.3) is 0 Å². The number of rotatable bonds is 6. The predicted octanol–water partition coefficient (Wildman–Crippen LogP) is 3.87. The Balaban J connectivity index is 1.71. The van der Waals surface area contributed by atoms with Gasteiger partial charge in [0.1, 0.15) is 11.0 Å². The summed E-state index contributed by atoms with van der Waals surface area (Å²) in [5, 5.41) is 8.98. The van der Waals surface area contributed by atoms with Gasteiger partial charge in [-0.3, -0.25) is 0 Å². The van der Waals surface area contributed by atoms with Crippen molar-refractivity contribution >= 4 is 15.9 Å². The Morgan fingerprint density at radius 1 is 1.28 bits per heavy atom. The summed E-state index contributed by atoms with van der Waals surface area (Å²) in [7, 11) is -3.05. The van der Waals surface area contributed by atoms with E-state index in [-0.39, 0.29) is 17.6 Å². The number of phenolic OH excluding ortho intramolecular Hbond substituents is 1. The monoisotopic (exact) mass is 362 g/mol. The van der Waals surface area contributed by atoms with E-state index < -0.39 is 15.1 Å². The highest BCUT2D eigenvalue weighted by Crippen LogP contribution is 2.39. The molecule has 0 aromatic heterocycles. The molecule has 0 amide bonds. The van der Waals surface area contributed by atoms with Crippen LogP contribution in [0.25, 0.3) is 6.08 Å². The Labute approximate surface area is 150 Å². The van der Waals surface area contributed by atoms with Gasteiger partial charge in [-0.25, -0.2) is 8.42 Å². The second-order valence-electron chi connectivity index (χ2n) is 6.82. The summed E-state index contributed by atoms with van der Waals surface area (Å²) >= 11 is 0. The van der Waals surface area contributed by atoms with Crippen molar-refractivity contribution in [3.8, 4) is 5.75 Å². The van der Waals surface area contributed by atoms with Crippen LogP contribution in [0.3, 0.4) is 0 Å². The van der Waals surface area contributed by atoms with Crippen molar-refractivity contribution in [1.29, 1.82) is 0 Å². The van der Waals surface area contributed by atoms with E-state index in [9.17, 15) is 13.5 Å². The lowest BCUT2D eigenvalue weighted by molar-refractivity contribution is 0.117. The summed E-state index contributed by atoms with van der Waals surface area (Å²) in [6, 6.07) is 7.17. The van der Waals surface area contributed by atoms with Crippen LogP contribution in [0.2, 0.25) is 0 Å². The lowest BCUT2D eigenvalue weighted by atomic mass is 9.95. The fourth-order valence-electron chi connectivity index (χ4n) is 3.79. The van der Waals surface area contributed by atoms with Gasteiger partial charge in [0.15, 0.2) is 9.84 Å². The lowest BCUT2D eigenvalue weighted by Gasteiger charge is -2.14. The van der Waals surface area contributed by atoms with Gasteiger partial charge >= 0.3 is 0 Å². The zero-order valence-electron chi connectivity index (χ0n) is 14.9. The van der Waals surface area contributed by atoms with Gasteiger partial charge in [0.2, 0.25) is 0 Å². The molecule has 2 aliphatic heterocycles. The third-order valence-corrected chi connectivity index (χ3v) is 7.24. The van der Waals surface area contributed by atoms with Gasteiger partial charge in [-0.2, -0.15) is 0 Å². The van der Waals surface area contributed by atoms with Crippen LogP contribution in [-0.4, -0.2) is 37.2 Å². The van der Waals surface area contributed by atoms with Gasteiger partial charge in [-0.05, 0) is 49.0 Å². The van der Waals surface area contributed by atoms with E-state index in [1.54, 1.807) is 12.1 Å². The summed E-state index contributed by atoms with van der Waals surface area (Å²) in [5.74, 6) is 0.481. The van der Waals surface area contributed by atoms with Crippen LogP contribution < -0.4 is 0 Å². The number of allylic oxidation sites excluding steroid dienone is 1. The highest BCUT2D eigenvalue weighted by molar-refractivity contribution is 7.92. The van der Waals surface area contributed by atoms with Gasteiger partial charge in [0, 0.05) is 0 Å². The SMILES string of the molecule is CCC1=C2[C@@H](CC/C(=C/c3ccc(O)cc3)CC)OC[C@@H]2S(=O)(=O)C1. The maximum Gasteiger partial charge on any atom is 0.163 e. The summed E-state index contributed by atoms with van der Waals surface area (Å²) in [4.78, 5) is 0. The second kappa shape index (κ2) is 7.34. The minimum atomic E-state index is -3.05. The van der Waals surface area contributed by atoms with Crippen LogP contribution >= 0.6 is 0 Å². The van der Waals surface area contributed by atoms with Crippen molar-refractivity contribution in [2.75, 3.05) is 12.4 Å². The Bertz CT molecular complexity index is 787. The molecule has 2 atom stereocenters. The number of hydrogen-bond donors (Lipinski definition) is 1. The molecule has 0 unspecified atom stereocenters. The zero-order chi connectivity index (χ0) is 18.0. The van der Waals surface area contributed by atoms with Crippen molar-refractivity contribution in [2.45, 2.75) is 50.9 Å². The number of ether oxygens (including phenoxy) is 1. The summed E-state index contributed by atoms with van der Waals surface area (Å²) in [6.07, 6.45) is 5.51. The summed E-state index contributed by atoms with van der Waals surface area (Å²) < 4.78 is 30.4. The predicted molar refractivity (Wildman–Crippen MR) is 100 cm³/mol.